The van der Waals surface area contributed by atoms with Gasteiger partial charge in [0.2, 0.25) is 5.91 Å². The summed E-state index contributed by atoms with van der Waals surface area (Å²) in [6.45, 7) is 2.77. The summed E-state index contributed by atoms with van der Waals surface area (Å²) in [6, 6.07) is -0.771. The first kappa shape index (κ1) is 26.4. The summed E-state index contributed by atoms with van der Waals surface area (Å²) in [5.74, 6) is -1.10. The van der Waals surface area contributed by atoms with E-state index in [1.807, 2.05) is 0 Å². The van der Waals surface area contributed by atoms with Crippen LogP contribution in [0.3, 0.4) is 0 Å². The first-order valence-electron chi connectivity index (χ1n) is 9.34. The van der Waals surface area contributed by atoms with E-state index in [4.69, 9.17) is 10.8 Å². The summed E-state index contributed by atoms with van der Waals surface area (Å²) < 4.78 is 0. The maximum absolute atomic E-state index is 11.8. The van der Waals surface area contributed by atoms with Crippen LogP contribution in [0.15, 0.2) is 0 Å². The van der Waals surface area contributed by atoms with Gasteiger partial charge in [0.05, 0.1) is 0 Å². The molecule has 0 rings (SSSR count). The summed E-state index contributed by atoms with van der Waals surface area (Å²) in [5, 5.41) is 11.7. The van der Waals surface area contributed by atoms with Crippen molar-refractivity contribution in [2.75, 3.05) is 6.54 Å². The van der Waals surface area contributed by atoms with Crippen LogP contribution in [-0.2, 0) is 9.59 Å². The van der Waals surface area contributed by atoms with Crippen LogP contribution in [0.4, 0.5) is 0 Å². The molecule has 0 aliphatic carbocycles. The maximum atomic E-state index is 11.8. The number of carboxylic acid groups (broad SMARTS) is 1. The molecule has 0 aliphatic heterocycles. The second-order valence-electron chi connectivity index (χ2n) is 6.32. The minimum absolute atomic E-state index is 0. The van der Waals surface area contributed by atoms with Gasteiger partial charge in [-0.05, 0) is 32.2 Å². The summed E-state index contributed by atoms with van der Waals surface area (Å²) in [4.78, 5) is 22.9. The van der Waals surface area contributed by atoms with Crippen LogP contribution in [0, 0.1) is 0 Å². The van der Waals surface area contributed by atoms with E-state index in [0.717, 1.165) is 32.1 Å². The number of amides is 1. The molecule has 0 fully saturated rings. The van der Waals surface area contributed by atoms with E-state index < -0.39 is 12.0 Å². The molecule has 1 amide bonds. The third kappa shape index (κ3) is 17.0. The number of carbonyl (C=O) groups excluding carboxylic acids is 1. The van der Waals surface area contributed by atoms with Crippen molar-refractivity contribution in [3.63, 3.8) is 0 Å². The third-order valence-electron chi connectivity index (χ3n) is 4.09. The van der Waals surface area contributed by atoms with Crippen molar-refractivity contribution in [1.82, 2.24) is 5.32 Å². The van der Waals surface area contributed by atoms with Crippen molar-refractivity contribution in [3.05, 3.63) is 0 Å². The molecule has 0 aromatic heterocycles. The van der Waals surface area contributed by atoms with E-state index in [-0.39, 0.29) is 46.5 Å². The summed E-state index contributed by atoms with van der Waals surface area (Å²) >= 11 is 0. The molecule has 0 bridgehead atoms. The van der Waals surface area contributed by atoms with Crippen LogP contribution in [0.25, 0.3) is 0 Å². The van der Waals surface area contributed by atoms with Crippen LogP contribution in [0.5, 0.6) is 0 Å². The Bertz CT molecular complexity index is 325. The SMILES string of the molecule is CCCCCCCCCCCC(=O)N[C@@H](CCCCN)C(=O)O.[Ca+2].[H-].[H-]. The molecule has 1 atom stereocenters. The number of carbonyl (C=O) groups is 2. The van der Waals surface area contributed by atoms with Crippen molar-refractivity contribution in [3.8, 4) is 0 Å². The van der Waals surface area contributed by atoms with Gasteiger partial charge in [-0.25, -0.2) is 4.79 Å². The number of aliphatic carboxylic acids is 1. The molecule has 0 saturated heterocycles. The number of hydrogen-bond acceptors (Lipinski definition) is 3. The van der Waals surface area contributed by atoms with E-state index in [1.54, 1.807) is 0 Å². The molecule has 0 aromatic carbocycles. The fourth-order valence-electron chi connectivity index (χ4n) is 2.61. The van der Waals surface area contributed by atoms with Crippen molar-refractivity contribution in [2.45, 2.75) is 96.4 Å². The Morgan fingerprint density at radius 1 is 0.958 bits per heavy atom. The van der Waals surface area contributed by atoms with E-state index in [0.29, 0.717) is 19.4 Å². The molecule has 0 unspecified atom stereocenters. The van der Waals surface area contributed by atoms with Crippen molar-refractivity contribution < 1.29 is 17.5 Å². The van der Waals surface area contributed by atoms with E-state index in [9.17, 15) is 9.59 Å². The van der Waals surface area contributed by atoms with Gasteiger partial charge in [0.15, 0.2) is 0 Å². The molecule has 0 heterocycles. The number of carboxylic acids is 1. The minimum Gasteiger partial charge on any atom is -1.00 e. The standard InChI is InChI=1S/C18H36N2O3.Ca.2H/c1-2-3-4-5-6-7-8-9-10-14-17(21)20-16(18(22)23)13-11-12-15-19;;;/h16H,2-15,19H2,1H3,(H,20,21)(H,22,23);;;/q;+2;2*-1/t16-;;;/m0.../s1. The van der Waals surface area contributed by atoms with E-state index >= 15 is 0 Å². The molecule has 140 valence electrons. The largest absolute Gasteiger partial charge is 2.00 e. The second kappa shape index (κ2) is 19.5. The zero-order chi connectivity index (χ0) is 17.3. The molecule has 0 aliphatic rings. The quantitative estimate of drug-likeness (QED) is 0.287. The van der Waals surface area contributed by atoms with Gasteiger partial charge in [0, 0.05) is 6.42 Å². The first-order chi connectivity index (χ1) is 11.1. The topological polar surface area (TPSA) is 92.4 Å². The van der Waals surface area contributed by atoms with Crippen LogP contribution in [0.1, 0.15) is 93.2 Å². The number of hydrogen-bond donors (Lipinski definition) is 3. The molecule has 0 saturated carbocycles. The predicted octanol–water partition coefficient (Wildman–Crippen LogP) is 3.45. The van der Waals surface area contributed by atoms with Gasteiger partial charge in [-0.15, -0.1) is 0 Å². The number of unbranched alkanes of at least 4 members (excludes halogenated alkanes) is 9. The van der Waals surface area contributed by atoms with E-state index in [1.165, 1.54) is 38.5 Å². The molecule has 6 heteroatoms. The van der Waals surface area contributed by atoms with Crippen molar-refractivity contribution in [1.29, 1.82) is 0 Å². The second-order valence-corrected chi connectivity index (χ2v) is 6.32. The van der Waals surface area contributed by atoms with Crippen LogP contribution < -0.4 is 11.1 Å². The Balaban J connectivity index is -0.000000807. The van der Waals surface area contributed by atoms with Gasteiger partial charge < -0.3 is 19.0 Å². The zero-order valence-corrected chi connectivity index (χ0v) is 17.7. The Kier molecular flexibility index (Phi) is 21.4. The van der Waals surface area contributed by atoms with Gasteiger partial charge in [0.25, 0.3) is 0 Å². The monoisotopic (exact) mass is 370 g/mol. The summed E-state index contributed by atoms with van der Waals surface area (Å²) in [5.41, 5.74) is 5.40. The average Bonchev–Trinajstić information content (AvgIpc) is 2.52. The zero-order valence-electron chi connectivity index (χ0n) is 17.5. The fraction of sp³-hybridized carbons (Fsp3) is 0.889. The Morgan fingerprint density at radius 2 is 1.50 bits per heavy atom. The summed E-state index contributed by atoms with van der Waals surface area (Å²) in [7, 11) is 0. The molecule has 0 aromatic rings. The average molecular weight is 371 g/mol. The van der Waals surface area contributed by atoms with Gasteiger partial charge in [-0.3, -0.25) is 4.79 Å². The Labute approximate surface area is 180 Å². The smallest absolute Gasteiger partial charge is 1.00 e. The van der Waals surface area contributed by atoms with Crippen LogP contribution >= 0.6 is 0 Å². The maximum Gasteiger partial charge on any atom is 2.00 e. The molecule has 24 heavy (non-hydrogen) atoms. The number of nitrogens with two attached hydrogens (primary N) is 1. The van der Waals surface area contributed by atoms with Crippen LogP contribution in [-0.4, -0.2) is 67.3 Å². The molecule has 0 spiro atoms. The molecule has 5 nitrogen and oxygen atoms in total. The third-order valence-corrected chi connectivity index (χ3v) is 4.09. The fourth-order valence-corrected chi connectivity index (χ4v) is 2.61. The van der Waals surface area contributed by atoms with Crippen molar-refractivity contribution in [2.24, 2.45) is 5.73 Å². The minimum atomic E-state index is -0.956. The number of rotatable bonds is 16. The normalized spacial score (nSPS) is 11.6. The molecular formula is C18H38CaN2O3. The predicted molar refractivity (Wildman–Crippen MR) is 102 cm³/mol. The van der Waals surface area contributed by atoms with Gasteiger partial charge >= 0.3 is 43.7 Å². The van der Waals surface area contributed by atoms with Crippen LogP contribution in [0.2, 0.25) is 0 Å². The summed E-state index contributed by atoms with van der Waals surface area (Å²) in [6.07, 6.45) is 13.2. The molecular weight excluding hydrogens is 332 g/mol. The van der Waals surface area contributed by atoms with Gasteiger partial charge in [-0.1, -0.05) is 58.3 Å². The Hall–Kier alpha value is 0.160. The Morgan fingerprint density at radius 3 is 2.00 bits per heavy atom. The van der Waals surface area contributed by atoms with Gasteiger partial charge in [0.1, 0.15) is 6.04 Å². The van der Waals surface area contributed by atoms with Gasteiger partial charge in [-0.2, -0.15) is 0 Å². The van der Waals surface area contributed by atoms with E-state index in [2.05, 4.69) is 12.2 Å². The molecule has 4 N–H and O–H groups in total. The first-order valence-corrected chi connectivity index (χ1v) is 9.34. The van der Waals surface area contributed by atoms with Crippen molar-refractivity contribution >= 4 is 49.6 Å². The molecule has 0 radical (unpaired) electrons. The number of nitrogens with one attached hydrogen (secondary N) is 1.